The summed E-state index contributed by atoms with van der Waals surface area (Å²) in [6.45, 7) is 2.43. The highest BCUT2D eigenvalue weighted by atomic mass is 16.5. The molecule has 3 aromatic rings. The summed E-state index contributed by atoms with van der Waals surface area (Å²) < 4.78 is 11.1. The van der Waals surface area contributed by atoms with E-state index in [0.717, 1.165) is 17.5 Å². The maximum absolute atomic E-state index is 12.5. The van der Waals surface area contributed by atoms with Gasteiger partial charge in [0.1, 0.15) is 11.5 Å². The van der Waals surface area contributed by atoms with Gasteiger partial charge in [0.25, 0.3) is 11.8 Å². The highest BCUT2D eigenvalue weighted by Crippen LogP contribution is 2.34. The van der Waals surface area contributed by atoms with Crippen LogP contribution in [0.3, 0.4) is 0 Å². The quantitative estimate of drug-likeness (QED) is 0.633. The zero-order valence-corrected chi connectivity index (χ0v) is 17.3. The molecule has 1 heterocycles. The summed E-state index contributed by atoms with van der Waals surface area (Å²) in [5.41, 5.74) is 3.52. The summed E-state index contributed by atoms with van der Waals surface area (Å²) in [4.78, 5) is 26.5. The van der Waals surface area contributed by atoms with Crippen LogP contribution >= 0.6 is 0 Å². The third-order valence-electron chi connectivity index (χ3n) is 5.04. The van der Waals surface area contributed by atoms with E-state index >= 15 is 0 Å². The van der Waals surface area contributed by atoms with Crippen LogP contribution in [-0.2, 0) is 16.0 Å². The molecule has 0 radical (unpaired) electrons. The molecule has 6 heteroatoms. The van der Waals surface area contributed by atoms with E-state index in [9.17, 15) is 9.59 Å². The first-order valence-electron chi connectivity index (χ1n) is 10.2. The number of hydrogen-bond donors (Lipinski definition) is 1. The molecular formula is C25H24N2O4. The fraction of sp³-hybridized carbons (Fsp3) is 0.200. The molecule has 2 amide bonds. The van der Waals surface area contributed by atoms with Crippen molar-refractivity contribution in [2.75, 3.05) is 30.0 Å². The number of benzene rings is 3. The van der Waals surface area contributed by atoms with E-state index in [1.54, 1.807) is 23.1 Å². The van der Waals surface area contributed by atoms with Crippen LogP contribution in [0.1, 0.15) is 11.1 Å². The van der Waals surface area contributed by atoms with Crippen molar-refractivity contribution in [3.8, 4) is 11.5 Å². The Bertz CT molecular complexity index is 1060. The topological polar surface area (TPSA) is 67.9 Å². The summed E-state index contributed by atoms with van der Waals surface area (Å²) in [6.07, 6.45) is 0.729. The predicted molar refractivity (Wildman–Crippen MR) is 120 cm³/mol. The summed E-state index contributed by atoms with van der Waals surface area (Å²) >= 11 is 0. The number of aryl methyl sites for hydroxylation is 1. The molecule has 0 aromatic heterocycles. The highest BCUT2D eigenvalue weighted by Gasteiger charge is 2.25. The molecule has 31 heavy (non-hydrogen) atoms. The SMILES string of the molecule is Cc1ccc(OCC(=O)Nc2ccc3c(c2)N(CCc2ccccc2)C(=O)CO3)cc1. The van der Waals surface area contributed by atoms with Gasteiger partial charge in [0.05, 0.1) is 5.69 Å². The van der Waals surface area contributed by atoms with Crippen LogP contribution in [0.15, 0.2) is 72.8 Å². The number of carbonyl (C=O) groups excluding carboxylic acids is 2. The molecule has 1 N–H and O–H groups in total. The Morgan fingerprint density at radius 1 is 1.06 bits per heavy atom. The maximum Gasteiger partial charge on any atom is 0.265 e. The normalized spacial score (nSPS) is 12.7. The van der Waals surface area contributed by atoms with Gasteiger partial charge in [-0.3, -0.25) is 9.59 Å². The van der Waals surface area contributed by atoms with Crippen molar-refractivity contribution in [3.63, 3.8) is 0 Å². The molecule has 0 saturated carbocycles. The van der Waals surface area contributed by atoms with Crippen LogP contribution in [-0.4, -0.2) is 31.6 Å². The molecule has 1 aliphatic heterocycles. The molecular weight excluding hydrogens is 392 g/mol. The molecule has 0 spiro atoms. The summed E-state index contributed by atoms with van der Waals surface area (Å²) in [6, 6.07) is 22.8. The lowest BCUT2D eigenvalue weighted by Crippen LogP contribution is -2.40. The molecule has 4 rings (SSSR count). The minimum Gasteiger partial charge on any atom is -0.484 e. The Morgan fingerprint density at radius 3 is 2.61 bits per heavy atom. The first kappa shape index (κ1) is 20.5. The molecule has 0 saturated heterocycles. The van der Waals surface area contributed by atoms with Gasteiger partial charge in [0.2, 0.25) is 0 Å². The standard InChI is InChI=1S/C25H24N2O4/c1-18-7-10-21(11-8-18)30-16-24(28)26-20-9-12-23-22(15-20)27(25(29)17-31-23)14-13-19-5-3-2-4-6-19/h2-12,15H,13-14,16-17H2,1H3,(H,26,28). The largest absolute Gasteiger partial charge is 0.484 e. The van der Waals surface area contributed by atoms with Crippen LogP contribution in [0.25, 0.3) is 0 Å². The fourth-order valence-corrected chi connectivity index (χ4v) is 3.39. The second kappa shape index (κ2) is 9.34. The average Bonchev–Trinajstić information content (AvgIpc) is 2.79. The van der Waals surface area contributed by atoms with Gasteiger partial charge in [-0.05, 0) is 49.2 Å². The Morgan fingerprint density at radius 2 is 1.84 bits per heavy atom. The van der Waals surface area contributed by atoms with E-state index in [2.05, 4.69) is 5.32 Å². The van der Waals surface area contributed by atoms with Crippen molar-refractivity contribution in [2.45, 2.75) is 13.3 Å². The molecule has 0 unspecified atom stereocenters. The molecule has 1 aliphatic rings. The first-order chi connectivity index (χ1) is 15.1. The molecule has 3 aromatic carbocycles. The number of amides is 2. The monoisotopic (exact) mass is 416 g/mol. The zero-order chi connectivity index (χ0) is 21.6. The van der Waals surface area contributed by atoms with Crippen LogP contribution in [0.4, 0.5) is 11.4 Å². The Labute approximate surface area is 181 Å². The molecule has 0 bridgehead atoms. The fourth-order valence-electron chi connectivity index (χ4n) is 3.39. The van der Waals surface area contributed by atoms with Crippen molar-refractivity contribution in [2.24, 2.45) is 0 Å². The lowest BCUT2D eigenvalue weighted by atomic mass is 10.1. The number of nitrogens with one attached hydrogen (secondary N) is 1. The molecule has 158 valence electrons. The highest BCUT2D eigenvalue weighted by molar-refractivity contribution is 5.99. The Hall–Kier alpha value is -3.80. The van der Waals surface area contributed by atoms with Crippen LogP contribution in [0.2, 0.25) is 0 Å². The van der Waals surface area contributed by atoms with E-state index < -0.39 is 0 Å². The number of fused-ring (bicyclic) bond motifs is 1. The average molecular weight is 416 g/mol. The molecule has 0 fully saturated rings. The smallest absolute Gasteiger partial charge is 0.265 e. The molecule has 0 aliphatic carbocycles. The summed E-state index contributed by atoms with van der Waals surface area (Å²) in [5, 5.41) is 2.83. The van der Waals surface area contributed by atoms with E-state index in [4.69, 9.17) is 9.47 Å². The number of nitrogens with zero attached hydrogens (tertiary/aromatic N) is 1. The van der Waals surface area contributed by atoms with Crippen molar-refractivity contribution >= 4 is 23.2 Å². The second-order valence-corrected chi connectivity index (χ2v) is 7.40. The van der Waals surface area contributed by atoms with Crippen molar-refractivity contribution < 1.29 is 19.1 Å². The summed E-state index contributed by atoms with van der Waals surface area (Å²) in [5.74, 6) is 0.882. The van der Waals surface area contributed by atoms with Gasteiger partial charge in [0, 0.05) is 12.2 Å². The number of anilines is 2. The van der Waals surface area contributed by atoms with E-state index in [1.807, 2.05) is 61.5 Å². The second-order valence-electron chi connectivity index (χ2n) is 7.40. The van der Waals surface area contributed by atoms with Crippen molar-refractivity contribution in [1.82, 2.24) is 0 Å². The van der Waals surface area contributed by atoms with Gasteiger partial charge >= 0.3 is 0 Å². The van der Waals surface area contributed by atoms with Gasteiger partial charge in [-0.25, -0.2) is 0 Å². The van der Waals surface area contributed by atoms with E-state index in [-0.39, 0.29) is 25.0 Å². The van der Waals surface area contributed by atoms with Gasteiger partial charge in [-0.1, -0.05) is 48.0 Å². The van der Waals surface area contributed by atoms with Gasteiger partial charge in [-0.2, -0.15) is 0 Å². The van der Waals surface area contributed by atoms with Crippen molar-refractivity contribution in [1.29, 1.82) is 0 Å². The Kier molecular flexibility index (Phi) is 6.17. The van der Waals surface area contributed by atoms with Crippen LogP contribution in [0, 0.1) is 6.92 Å². The third-order valence-corrected chi connectivity index (χ3v) is 5.04. The summed E-state index contributed by atoms with van der Waals surface area (Å²) in [7, 11) is 0. The maximum atomic E-state index is 12.5. The Balaban J connectivity index is 1.42. The lowest BCUT2D eigenvalue weighted by molar-refractivity contribution is -0.121. The minimum atomic E-state index is -0.278. The number of ether oxygens (including phenoxy) is 2. The van der Waals surface area contributed by atoms with Gasteiger partial charge in [-0.15, -0.1) is 0 Å². The predicted octanol–water partition coefficient (Wildman–Crippen LogP) is 3.98. The van der Waals surface area contributed by atoms with Gasteiger partial charge < -0.3 is 19.7 Å². The van der Waals surface area contributed by atoms with E-state index in [0.29, 0.717) is 29.4 Å². The molecule has 6 nitrogen and oxygen atoms in total. The van der Waals surface area contributed by atoms with Gasteiger partial charge in [0.15, 0.2) is 13.2 Å². The minimum absolute atomic E-state index is 0.0118. The number of hydrogen-bond acceptors (Lipinski definition) is 4. The first-order valence-corrected chi connectivity index (χ1v) is 10.2. The molecule has 0 atom stereocenters. The number of rotatable bonds is 7. The van der Waals surface area contributed by atoms with Crippen LogP contribution < -0.4 is 19.7 Å². The number of carbonyl (C=O) groups is 2. The van der Waals surface area contributed by atoms with E-state index in [1.165, 1.54) is 0 Å². The lowest BCUT2D eigenvalue weighted by Gasteiger charge is -2.30. The van der Waals surface area contributed by atoms with Crippen molar-refractivity contribution in [3.05, 3.63) is 83.9 Å². The third kappa shape index (κ3) is 5.22. The van der Waals surface area contributed by atoms with Crippen LogP contribution in [0.5, 0.6) is 11.5 Å². The zero-order valence-electron chi connectivity index (χ0n) is 17.3.